The summed E-state index contributed by atoms with van der Waals surface area (Å²) < 4.78 is 13.1. The number of halogens is 1. The third-order valence-electron chi connectivity index (χ3n) is 5.85. The number of ether oxygens (including phenoxy) is 2. The first-order valence-electron chi connectivity index (χ1n) is 10.6. The van der Waals surface area contributed by atoms with Gasteiger partial charge in [0, 0.05) is 32.4 Å². The number of carbonyl (C=O) groups excluding carboxylic acids is 1. The Kier molecular flexibility index (Phi) is 5.91. The first-order chi connectivity index (χ1) is 15.2. The van der Waals surface area contributed by atoms with Crippen LogP contribution in [0.2, 0.25) is 5.02 Å². The average Bonchev–Trinajstić information content (AvgIpc) is 3.16. The minimum absolute atomic E-state index is 0.00858. The molecule has 1 fully saturated rings. The largest absolute Gasteiger partial charge is 0.376 e. The summed E-state index contributed by atoms with van der Waals surface area (Å²) in [7, 11) is 0. The Morgan fingerprint density at radius 3 is 2.90 bits per heavy atom. The fourth-order valence-electron chi connectivity index (χ4n) is 4.23. The molecule has 0 saturated carbocycles. The predicted octanol–water partition coefficient (Wildman–Crippen LogP) is 2.69. The van der Waals surface area contributed by atoms with Crippen LogP contribution in [0.25, 0.3) is 5.65 Å². The lowest BCUT2D eigenvalue weighted by Crippen LogP contribution is -2.38. The van der Waals surface area contributed by atoms with Gasteiger partial charge in [-0.25, -0.2) is 4.98 Å². The summed E-state index contributed by atoms with van der Waals surface area (Å²) in [4.78, 5) is 20.0. The Labute approximate surface area is 185 Å². The number of fused-ring (bicyclic) bond motifs is 2. The van der Waals surface area contributed by atoms with Crippen LogP contribution in [0.1, 0.15) is 27.3 Å². The van der Waals surface area contributed by atoms with Crippen molar-refractivity contribution in [1.82, 2.24) is 19.6 Å². The molecule has 7 nitrogen and oxygen atoms in total. The molecule has 0 radical (unpaired) electrons. The highest BCUT2D eigenvalue weighted by molar-refractivity contribution is 6.30. The summed E-state index contributed by atoms with van der Waals surface area (Å²) in [5, 5.41) is 4.00. The molecule has 5 rings (SSSR count). The number of rotatable bonds is 5. The molecule has 1 N–H and O–H groups in total. The molecule has 2 aromatic heterocycles. The normalized spacial score (nSPS) is 18.9. The fraction of sp³-hybridized carbons (Fsp3) is 0.391. The molecule has 0 bridgehead atoms. The van der Waals surface area contributed by atoms with Crippen molar-refractivity contribution in [3.8, 4) is 0 Å². The molecule has 31 heavy (non-hydrogen) atoms. The van der Waals surface area contributed by atoms with E-state index in [0.29, 0.717) is 62.4 Å². The Morgan fingerprint density at radius 1 is 1.19 bits per heavy atom. The summed E-state index contributed by atoms with van der Waals surface area (Å²) in [6, 6.07) is 11.9. The van der Waals surface area contributed by atoms with E-state index in [9.17, 15) is 4.79 Å². The molecular formula is C23H25ClN4O3. The lowest BCUT2D eigenvalue weighted by molar-refractivity contribution is -0.0864. The lowest BCUT2D eigenvalue weighted by atomic mass is 9.99. The SMILES string of the molecule is O=C(c1nc2ccc(Cl)cn2c1CNCC1COCCO1)N1CCc2ccccc2C1. The Hall–Kier alpha value is -2.45. The van der Waals surface area contributed by atoms with Gasteiger partial charge in [0.2, 0.25) is 0 Å². The Morgan fingerprint density at radius 2 is 2.06 bits per heavy atom. The number of imidazole rings is 1. The van der Waals surface area contributed by atoms with Gasteiger partial charge in [-0.05, 0) is 29.7 Å². The first-order valence-corrected chi connectivity index (χ1v) is 11.0. The van der Waals surface area contributed by atoms with Crippen molar-refractivity contribution in [1.29, 1.82) is 0 Å². The standard InChI is InChI=1S/C23H25ClN4O3/c24-18-5-6-21-26-22(23(29)27-8-7-16-3-1-2-4-17(16)13-27)20(28(21)14-18)12-25-11-19-15-30-9-10-31-19/h1-6,14,19,25H,7-13,15H2. The molecule has 162 valence electrons. The van der Waals surface area contributed by atoms with E-state index in [1.807, 2.05) is 33.7 Å². The molecule has 1 aromatic carbocycles. The lowest BCUT2D eigenvalue weighted by Gasteiger charge is -2.28. The number of benzene rings is 1. The van der Waals surface area contributed by atoms with E-state index < -0.39 is 0 Å². The summed E-state index contributed by atoms with van der Waals surface area (Å²) in [5.41, 5.74) is 4.49. The van der Waals surface area contributed by atoms with Crippen LogP contribution in [0.5, 0.6) is 0 Å². The number of carbonyl (C=O) groups is 1. The number of pyridine rings is 1. The second kappa shape index (κ2) is 8.96. The number of nitrogens with one attached hydrogen (secondary N) is 1. The van der Waals surface area contributed by atoms with Crippen LogP contribution in [-0.4, -0.2) is 59.2 Å². The Bertz CT molecular complexity index is 1090. The van der Waals surface area contributed by atoms with Gasteiger partial charge in [-0.15, -0.1) is 0 Å². The summed E-state index contributed by atoms with van der Waals surface area (Å²) in [5.74, 6) is -0.0524. The second-order valence-electron chi connectivity index (χ2n) is 7.93. The fourth-order valence-corrected chi connectivity index (χ4v) is 4.39. The quantitative estimate of drug-likeness (QED) is 0.660. The van der Waals surface area contributed by atoms with Crippen molar-refractivity contribution in [3.63, 3.8) is 0 Å². The third kappa shape index (κ3) is 4.32. The molecule has 4 heterocycles. The molecule has 2 aliphatic rings. The molecule has 1 saturated heterocycles. The highest BCUT2D eigenvalue weighted by Crippen LogP contribution is 2.23. The van der Waals surface area contributed by atoms with E-state index in [0.717, 1.165) is 12.1 Å². The number of aromatic nitrogens is 2. The van der Waals surface area contributed by atoms with Crippen molar-refractivity contribution in [2.24, 2.45) is 0 Å². The monoisotopic (exact) mass is 440 g/mol. The van der Waals surface area contributed by atoms with Crippen LogP contribution in [0.4, 0.5) is 0 Å². The van der Waals surface area contributed by atoms with E-state index in [4.69, 9.17) is 21.1 Å². The molecule has 1 amide bonds. The van der Waals surface area contributed by atoms with Gasteiger partial charge in [-0.1, -0.05) is 35.9 Å². The highest BCUT2D eigenvalue weighted by atomic mass is 35.5. The van der Waals surface area contributed by atoms with Crippen molar-refractivity contribution in [2.45, 2.75) is 25.6 Å². The van der Waals surface area contributed by atoms with E-state index >= 15 is 0 Å². The minimum atomic E-state index is -0.0524. The highest BCUT2D eigenvalue weighted by Gasteiger charge is 2.27. The van der Waals surface area contributed by atoms with E-state index in [2.05, 4.69) is 22.4 Å². The number of hydrogen-bond acceptors (Lipinski definition) is 5. The molecule has 3 aromatic rings. The van der Waals surface area contributed by atoms with Gasteiger partial charge in [0.15, 0.2) is 5.69 Å². The maximum Gasteiger partial charge on any atom is 0.274 e. The molecule has 8 heteroatoms. The Balaban J connectivity index is 1.39. The molecule has 1 unspecified atom stereocenters. The maximum absolute atomic E-state index is 13.5. The van der Waals surface area contributed by atoms with Crippen LogP contribution < -0.4 is 5.32 Å². The van der Waals surface area contributed by atoms with Crippen molar-refractivity contribution in [2.75, 3.05) is 32.9 Å². The number of nitrogens with zero attached hydrogens (tertiary/aromatic N) is 3. The van der Waals surface area contributed by atoms with Gasteiger partial charge in [0.1, 0.15) is 5.65 Å². The molecule has 0 aliphatic carbocycles. The number of amides is 1. The maximum atomic E-state index is 13.5. The van der Waals surface area contributed by atoms with Gasteiger partial charge in [-0.2, -0.15) is 0 Å². The van der Waals surface area contributed by atoms with Gasteiger partial charge in [-0.3, -0.25) is 4.79 Å². The molecule has 0 spiro atoms. The van der Waals surface area contributed by atoms with Crippen molar-refractivity contribution >= 4 is 23.2 Å². The number of hydrogen-bond donors (Lipinski definition) is 1. The van der Waals surface area contributed by atoms with Crippen LogP contribution in [0.15, 0.2) is 42.6 Å². The van der Waals surface area contributed by atoms with E-state index in [-0.39, 0.29) is 12.0 Å². The molecule has 2 aliphatic heterocycles. The second-order valence-corrected chi connectivity index (χ2v) is 8.36. The van der Waals surface area contributed by atoms with Crippen LogP contribution >= 0.6 is 11.6 Å². The van der Waals surface area contributed by atoms with Gasteiger partial charge < -0.3 is 24.1 Å². The molecule has 1 atom stereocenters. The summed E-state index contributed by atoms with van der Waals surface area (Å²) >= 11 is 6.24. The van der Waals surface area contributed by atoms with Gasteiger partial charge in [0.25, 0.3) is 5.91 Å². The zero-order valence-corrected chi connectivity index (χ0v) is 18.0. The topological polar surface area (TPSA) is 68.1 Å². The van der Waals surface area contributed by atoms with Crippen LogP contribution in [0.3, 0.4) is 0 Å². The smallest absolute Gasteiger partial charge is 0.274 e. The van der Waals surface area contributed by atoms with Gasteiger partial charge >= 0.3 is 0 Å². The van der Waals surface area contributed by atoms with Crippen molar-refractivity contribution in [3.05, 3.63) is 70.1 Å². The predicted molar refractivity (Wildman–Crippen MR) is 117 cm³/mol. The zero-order chi connectivity index (χ0) is 21.2. The molecular weight excluding hydrogens is 416 g/mol. The van der Waals surface area contributed by atoms with Crippen LogP contribution in [-0.2, 0) is 29.0 Å². The average molecular weight is 441 g/mol. The van der Waals surface area contributed by atoms with Crippen LogP contribution in [0, 0.1) is 0 Å². The minimum Gasteiger partial charge on any atom is -0.376 e. The first kappa shape index (κ1) is 20.5. The third-order valence-corrected chi connectivity index (χ3v) is 6.07. The summed E-state index contributed by atoms with van der Waals surface area (Å²) in [6.45, 7) is 4.22. The van der Waals surface area contributed by atoms with Gasteiger partial charge in [0.05, 0.1) is 36.6 Å². The van der Waals surface area contributed by atoms with E-state index in [1.54, 1.807) is 6.07 Å². The zero-order valence-electron chi connectivity index (χ0n) is 17.2. The van der Waals surface area contributed by atoms with Crippen molar-refractivity contribution < 1.29 is 14.3 Å². The van der Waals surface area contributed by atoms with E-state index in [1.165, 1.54) is 11.1 Å². The summed E-state index contributed by atoms with van der Waals surface area (Å²) in [6.07, 6.45) is 2.67.